The van der Waals surface area contributed by atoms with Crippen LogP contribution in [0.4, 0.5) is 5.69 Å². The van der Waals surface area contributed by atoms with E-state index in [-0.39, 0.29) is 0 Å². The predicted octanol–water partition coefficient (Wildman–Crippen LogP) is 3.69. The minimum atomic E-state index is 0.553. The number of ether oxygens (including phenoxy) is 1. The van der Waals surface area contributed by atoms with Crippen molar-refractivity contribution in [1.29, 1.82) is 0 Å². The summed E-state index contributed by atoms with van der Waals surface area (Å²) >= 11 is 0. The van der Waals surface area contributed by atoms with Crippen LogP contribution in [0.15, 0.2) is 52.9 Å². The molecule has 3 aromatic rings. The Hall–Kier alpha value is -2.82. The third kappa shape index (κ3) is 3.51. The lowest BCUT2D eigenvalue weighted by Crippen LogP contribution is -2.16. The Labute approximate surface area is 135 Å². The van der Waals surface area contributed by atoms with Crippen LogP contribution in [0.25, 0.3) is 11.5 Å². The van der Waals surface area contributed by atoms with Gasteiger partial charge in [-0.3, -0.25) is 0 Å². The molecule has 0 bridgehead atoms. The summed E-state index contributed by atoms with van der Waals surface area (Å²) in [4.78, 5) is 2.19. The second kappa shape index (κ2) is 6.52. The maximum atomic E-state index is 5.44. The molecule has 5 nitrogen and oxygen atoms in total. The number of aryl methyl sites for hydroxylation is 1. The van der Waals surface area contributed by atoms with E-state index in [4.69, 9.17) is 9.15 Å². The molecule has 3 rings (SSSR count). The maximum absolute atomic E-state index is 5.44. The summed E-state index contributed by atoms with van der Waals surface area (Å²) in [6.45, 7) is 2.60. The molecule has 0 aliphatic carbocycles. The first-order chi connectivity index (χ1) is 11.2. The van der Waals surface area contributed by atoms with Crippen LogP contribution in [0.5, 0.6) is 5.75 Å². The van der Waals surface area contributed by atoms with Crippen molar-refractivity contribution in [2.24, 2.45) is 0 Å². The molecule has 0 saturated heterocycles. The number of methoxy groups -OCH3 is 1. The van der Waals surface area contributed by atoms with Gasteiger partial charge >= 0.3 is 0 Å². The van der Waals surface area contributed by atoms with Gasteiger partial charge in [0.1, 0.15) is 5.75 Å². The summed E-state index contributed by atoms with van der Waals surface area (Å²) in [5.41, 5.74) is 3.28. The zero-order valence-electron chi connectivity index (χ0n) is 13.5. The molecule has 0 amide bonds. The van der Waals surface area contributed by atoms with E-state index in [1.165, 1.54) is 5.56 Å². The SMILES string of the molecule is COc1ccc(N(C)Cc2ccc(-c3nnc(C)o3)cc2)cc1. The number of anilines is 1. The molecular weight excluding hydrogens is 290 g/mol. The molecular formula is C18H19N3O2. The number of hydrogen-bond acceptors (Lipinski definition) is 5. The van der Waals surface area contributed by atoms with Crippen LogP contribution in [-0.4, -0.2) is 24.4 Å². The number of benzene rings is 2. The van der Waals surface area contributed by atoms with Gasteiger partial charge in [0.2, 0.25) is 11.8 Å². The van der Waals surface area contributed by atoms with Crippen molar-refractivity contribution in [2.45, 2.75) is 13.5 Å². The molecule has 0 unspecified atom stereocenters. The van der Waals surface area contributed by atoms with E-state index in [9.17, 15) is 0 Å². The minimum Gasteiger partial charge on any atom is -0.497 e. The second-order valence-corrected chi connectivity index (χ2v) is 5.38. The topological polar surface area (TPSA) is 51.4 Å². The number of rotatable bonds is 5. The predicted molar refractivity (Wildman–Crippen MR) is 89.6 cm³/mol. The second-order valence-electron chi connectivity index (χ2n) is 5.38. The van der Waals surface area contributed by atoms with E-state index >= 15 is 0 Å². The van der Waals surface area contributed by atoms with Crippen molar-refractivity contribution < 1.29 is 9.15 Å². The highest BCUT2D eigenvalue weighted by atomic mass is 16.5. The van der Waals surface area contributed by atoms with Gasteiger partial charge in [-0.05, 0) is 42.0 Å². The lowest BCUT2D eigenvalue weighted by atomic mass is 10.1. The molecule has 0 saturated carbocycles. The highest BCUT2D eigenvalue weighted by Gasteiger charge is 2.07. The smallest absolute Gasteiger partial charge is 0.247 e. The summed E-state index contributed by atoms with van der Waals surface area (Å²) in [5.74, 6) is 1.99. The van der Waals surface area contributed by atoms with Gasteiger partial charge in [-0.1, -0.05) is 12.1 Å². The van der Waals surface area contributed by atoms with Crippen LogP contribution in [0.2, 0.25) is 0 Å². The first-order valence-corrected chi connectivity index (χ1v) is 7.40. The Bertz CT molecular complexity index is 764. The lowest BCUT2D eigenvalue weighted by molar-refractivity contribution is 0.415. The summed E-state index contributed by atoms with van der Waals surface area (Å²) < 4.78 is 10.6. The Kier molecular flexibility index (Phi) is 4.28. The van der Waals surface area contributed by atoms with Gasteiger partial charge in [-0.15, -0.1) is 10.2 Å². The van der Waals surface area contributed by atoms with Gasteiger partial charge in [-0.25, -0.2) is 0 Å². The third-order valence-electron chi connectivity index (χ3n) is 3.66. The summed E-state index contributed by atoms with van der Waals surface area (Å²) in [6, 6.07) is 16.2. The monoisotopic (exact) mass is 309 g/mol. The van der Waals surface area contributed by atoms with Crippen LogP contribution in [0, 0.1) is 6.92 Å². The van der Waals surface area contributed by atoms with Crippen LogP contribution >= 0.6 is 0 Å². The summed E-state index contributed by atoms with van der Waals surface area (Å²) in [5, 5.41) is 7.88. The fourth-order valence-corrected chi connectivity index (χ4v) is 2.37. The number of aromatic nitrogens is 2. The van der Waals surface area contributed by atoms with Crippen molar-refractivity contribution in [3.63, 3.8) is 0 Å². The summed E-state index contributed by atoms with van der Waals surface area (Å²) in [6.07, 6.45) is 0. The van der Waals surface area contributed by atoms with Crippen molar-refractivity contribution in [3.05, 3.63) is 60.0 Å². The first kappa shape index (κ1) is 15.1. The van der Waals surface area contributed by atoms with Crippen LogP contribution in [-0.2, 0) is 6.54 Å². The van der Waals surface area contributed by atoms with Gasteiger partial charge < -0.3 is 14.1 Å². The van der Waals surface area contributed by atoms with Crippen LogP contribution < -0.4 is 9.64 Å². The van der Waals surface area contributed by atoms with Gasteiger partial charge in [0, 0.05) is 31.8 Å². The molecule has 23 heavy (non-hydrogen) atoms. The first-order valence-electron chi connectivity index (χ1n) is 7.40. The van der Waals surface area contributed by atoms with E-state index in [0.717, 1.165) is 23.5 Å². The fraction of sp³-hybridized carbons (Fsp3) is 0.222. The molecule has 0 atom stereocenters. The Morgan fingerprint density at radius 2 is 1.70 bits per heavy atom. The van der Waals surface area contributed by atoms with Gasteiger partial charge in [0.15, 0.2) is 0 Å². The van der Waals surface area contributed by atoms with Crippen molar-refractivity contribution in [3.8, 4) is 17.2 Å². The van der Waals surface area contributed by atoms with E-state index < -0.39 is 0 Å². The molecule has 0 N–H and O–H groups in total. The molecule has 0 aliphatic rings. The molecule has 2 aromatic carbocycles. The average molecular weight is 309 g/mol. The van der Waals surface area contributed by atoms with Crippen molar-refractivity contribution in [1.82, 2.24) is 10.2 Å². The van der Waals surface area contributed by atoms with Crippen molar-refractivity contribution in [2.75, 3.05) is 19.1 Å². The molecule has 1 aromatic heterocycles. The van der Waals surface area contributed by atoms with Gasteiger partial charge in [0.05, 0.1) is 7.11 Å². The molecule has 0 aliphatic heterocycles. The molecule has 0 radical (unpaired) electrons. The Morgan fingerprint density at radius 3 is 2.26 bits per heavy atom. The zero-order valence-corrected chi connectivity index (χ0v) is 13.5. The Morgan fingerprint density at radius 1 is 1.00 bits per heavy atom. The van der Waals surface area contributed by atoms with Crippen LogP contribution in [0.3, 0.4) is 0 Å². The highest BCUT2D eigenvalue weighted by Crippen LogP contribution is 2.22. The molecule has 0 spiro atoms. The lowest BCUT2D eigenvalue weighted by Gasteiger charge is -2.19. The van der Waals surface area contributed by atoms with Crippen molar-refractivity contribution >= 4 is 5.69 Å². The summed E-state index contributed by atoms with van der Waals surface area (Å²) in [7, 11) is 3.74. The molecule has 5 heteroatoms. The highest BCUT2D eigenvalue weighted by molar-refractivity contribution is 5.54. The quantitative estimate of drug-likeness (QED) is 0.719. The van der Waals surface area contributed by atoms with Gasteiger partial charge in [-0.2, -0.15) is 0 Å². The molecule has 118 valence electrons. The largest absolute Gasteiger partial charge is 0.497 e. The van der Waals surface area contributed by atoms with Crippen LogP contribution in [0.1, 0.15) is 11.5 Å². The van der Waals surface area contributed by atoms with E-state index in [2.05, 4.69) is 46.4 Å². The standard InChI is InChI=1S/C18H19N3O2/c1-13-19-20-18(23-13)15-6-4-14(5-7-15)12-21(2)16-8-10-17(22-3)11-9-16/h4-11H,12H2,1-3H3. The third-order valence-corrected chi connectivity index (χ3v) is 3.66. The van der Waals surface area contributed by atoms with E-state index in [0.29, 0.717) is 11.8 Å². The molecule has 0 fully saturated rings. The normalized spacial score (nSPS) is 10.6. The zero-order chi connectivity index (χ0) is 16.2. The van der Waals surface area contributed by atoms with E-state index in [1.54, 1.807) is 14.0 Å². The minimum absolute atomic E-state index is 0.553. The van der Waals surface area contributed by atoms with Gasteiger partial charge in [0.25, 0.3) is 0 Å². The fourth-order valence-electron chi connectivity index (χ4n) is 2.37. The molecule has 1 heterocycles. The maximum Gasteiger partial charge on any atom is 0.247 e. The Balaban J connectivity index is 1.69. The van der Waals surface area contributed by atoms with E-state index in [1.807, 2.05) is 24.3 Å². The number of nitrogens with zero attached hydrogens (tertiary/aromatic N) is 3. The average Bonchev–Trinajstić information content (AvgIpc) is 3.02. The number of hydrogen-bond donors (Lipinski definition) is 0.